The van der Waals surface area contributed by atoms with Crippen LogP contribution in [0.25, 0.3) is 0 Å². The number of nitrogens with one attached hydrogen (secondary N) is 1. The standard InChI is InChI=1S/C11H15NO/c1-7-3-8(2)11-10(4-7)9(6-13)5-12-11/h3-4,9,12-13H,5-6H2,1-2H3. The van der Waals surface area contributed by atoms with Crippen LogP contribution in [0.4, 0.5) is 5.69 Å². The molecule has 13 heavy (non-hydrogen) atoms. The summed E-state index contributed by atoms with van der Waals surface area (Å²) in [7, 11) is 0. The molecule has 2 rings (SSSR count). The van der Waals surface area contributed by atoms with Gasteiger partial charge in [0.1, 0.15) is 0 Å². The van der Waals surface area contributed by atoms with E-state index in [-0.39, 0.29) is 12.5 Å². The van der Waals surface area contributed by atoms with Crippen LogP contribution in [0.1, 0.15) is 22.6 Å². The molecule has 1 aliphatic rings. The number of rotatable bonds is 1. The molecule has 0 aromatic heterocycles. The molecule has 0 aliphatic carbocycles. The molecule has 0 spiro atoms. The average molecular weight is 177 g/mol. The van der Waals surface area contributed by atoms with Crippen molar-refractivity contribution < 1.29 is 5.11 Å². The quantitative estimate of drug-likeness (QED) is 0.685. The lowest BCUT2D eigenvalue weighted by Crippen LogP contribution is -2.05. The molecule has 1 aromatic rings. The number of hydrogen-bond acceptors (Lipinski definition) is 2. The molecule has 0 bridgehead atoms. The SMILES string of the molecule is Cc1cc(C)c2c(c1)C(CO)CN2. The lowest BCUT2D eigenvalue weighted by molar-refractivity contribution is 0.273. The van der Waals surface area contributed by atoms with Gasteiger partial charge in [-0.05, 0) is 25.0 Å². The first-order chi connectivity index (χ1) is 6.22. The Morgan fingerprint density at radius 3 is 2.92 bits per heavy atom. The smallest absolute Gasteiger partial charge is 0.0517 e. The van der Waals surface area contributed by atoms with Gasteiger partial charge in [0.25, 0.3) is 0 Å². The van der Waals surface area contributed by atoms with Crippen molar-refractivity contribution in [1.29, 1.82) is 0 Å². The zero-order valence-electron chi connectivity index (χ0n) is 8.09. The summed E-state index contributed by atoms with van der Waals surface area (Å²) in [4.78, 5) is 0. The number of anilines is 1. The first-order valence-corrected chi connectivity index (χ1v) is 4.68. The van der Waals surface area contributed by atoms with Gasteiger partial charge in [-0.1, -0.05) is 17.7 Å². The van der Waals surface area contributed by atoms with Crippen molar-refractivity contribution in [3.63, 3.8) is 0 Å². The predicted molar refractivity (Wildman–Crippen MR) is 54.2 cm³/mol. The molecule has 1 heterocycles. The summed E-state index contributed by atoms with van der Waals surface area (Å²) in [5, 5.41) is 12.5. The topological polar surface area (TPSA) is 32.3 Å². The average Bonchev–Trinajstić information content (AvgIpc) is 2.47. The maximum absolute atomic E-state index is 9.15. The van der Waals surface area contributed by atoms with E-state index < -0.39 is 0 Å². The molecule has 1 aromatic carbocycles. The third kappa shape index (κ3) is 1.31. The van der Waals surface area contributed by atoms with Crippen LogP contribution >= 0.6 is 0 Å². The molecule has 1 aliphatic heterocycles. The van der Waals surface area contributed by atoms with E-state index >= 15 is 0 Å². The Morgan fingerprint density at radius 2 is 2.23 bits per heavy atom. The Hall–Kier alpha value is -1.02. The predicted octanol–water partition coefficient (Wildman–Crippen LogP) is 1.80. The van der Waals surface area contributed by atoms with Crippen LogP contribution < -0.4 is 5.32 Å². The molecule has 0 saturated heterocycles. The minimum Gasteiger partial charge on any atom is -0.396 e. The zero-order chi connectivity index (χ0) is 9.42. The number of fused-ring (bicyclic) bond motifs is 1. The highest BCUT2D eigenvalue weighted by Crippen LogP contribution is 2.34. The van der Waals surface area contributed by atoms with Crippen LogP contribution in [0.15, 0.2) is 12.1 Å². The van der Waals surface area contributed by atoms with Gasteiger partial charge in [-0.25, -0.2) is 0 Å². The van der Waals surface area contributed by atoms with E-state index in [2.05, 4.69) is 31.3 Å². The summed E-state index contributed by atoms with van der Waals surface area (Å²) in [6.07, 6.45) is 0. The van der Waals surface area contributed by atoms with Gasteiger partial charge < -0.3 is 10.4 Å². The van der Waals surface area contributed by atoms with E-state index in [0.717, 1.165) is 6.54 Å². The molecule has 0 fully saturated rings. The second-order valence-electron chi connectivity index (χ2n) is 3.81. The monoisotopic (exact) mass is 177 g/mol. The highest BCUT2D eigenvalue weighted by molar-refractivity contribution is 5.63. The normalized spacial score (nSPS) is 19.8. The zero-order valence-corrected chi connectivity index (χ0v) is 8.09. The Bertz CT molecular complexity index is 333. The van der Waals surface area contributed by atoms with Crippen molar-refractivity contribution in [2.45, 2.75) is 19.8 Å². The molecule has 1 atom stereocenters. The minimum atomic E-state index is 0.239. The highest BCUT2D eigenvalue weighted by Gasteiger charge is 2.22. The van der Waals surface area contributed by atoms with E-state index in [9.17, 15) is 0 Å². The Morgan fingerprint density at radius 1 is 1.46 bits per heavy atom. The fourth-order valence-corrected chi connectivity index (χ4v) is 2.06. The maximum Gasteiger partial charge on any atom is 0.0517 e. The van der Waals surface area contributed by atoms with E-state index in [4.69, 9.17) is 5.11 Å². The van der Waals surface area contributed by atoms with Crippen molar-refractivity contribution in [3.05, 3.63) is 28.8 Å². The maximum atomic E-state index is 9.15. The van der Waals surface area contributed by atoms with E-state index in [1.165, 1.54) is 22.4 Å². The van der Waals surface area contributed by atoms with Crippen molar-refractivity contribution in [2.75, 3.05) is 18.5 Å². The first kappa shape index (κ1) is 8.57. The Kier molecular flexibility index (Phi) is 2.00. The summed E-state index contributed by atoms with van der Waals surface area (Å²) in [5.41, 5.74) is 5.06. The molecular formula is C11H15NO. The lowest BCUT2D eigenvalue weighted by atomic mass is 9.98. The Labute approximate surface area is 78.6 Å². The van der Waals surface area contributed by atoms with Crippen LogP contribution in [-0.4, -0.2) is 18.3 Å². The van der Waals surface area contributed by atoms with Crippen molar-refractivity contribution in [3.8, 4) is 0 Å². The van der Waals surface area contributed by atoms with E-state index in [1.54, 1.807) is 0 Å². The number of aliphatic hydroxyl groups excluding tert-OH is 1. The van der Waals surface area contributed by atoms with Crippen LogP contribution in [0.3, 0.4) is 0 Å². The molecular weight excluding hydrogens is 162 g/mol. The molecule has 2 heteroatoms. The summed E-state index contributed by atoms with van der Waals surface area (Å²) in [6, 6.07) is 4.34. The van der Waals surface area contributed by atoms with E-state index in [1.807, 2.05) is 0 Å². The summed E-state index contributed by atoms with van der Waals surface area (Å²) in [5.74, 6) is 0.286. The van der Waals surface area contributed by atoms with Gasteiger partial charge >= 0.3 is 0 Å². The second kappa shape index (κ2) is 3.04. The Balaban J connectivity index is 2.51. The summed E-state index contributed by atoms with van der Waals surface area (Å²) >= 11 is 0. The summed E-state index contributed by atoms with van der Waals surface area (Å²) < 4.78 is 0. The molecule has 2 nitrogen and oxygen atoms in total. The van der Waals surface area contributed by atoms with E-state index in [0.29, 0.717) is 0 Å². The van der Waals surface area contributed by atoms with Crippen LogP contribution in [0, 0.1) is 13.8 Å². The van der Waals surface area contributed by atoms with Gasteiger partial charge in [0, 0.05) is 18.2 Å². The third-order valence-corrected chi connectivity index (χ3v) is 2.70. The van der Waals surface area contributed by atoms with Crippen molar-refractivity contribution in [1.82, 2.24) is 0 Å². The lowest BCUT2D eigenvalue weighted by Gasteiger charge is -2.08. The number of hydrogen-bond donors (Lipinski definition) is 2. The molecule has 70 valence electrons. The molecule has 0 amide bonds. The van der Waals surface area contributed by atoms with Crippen molar-refractivity contribution >= 4 is 5.69 Å². The largest absolute Gasteiger partial charge is 0.396 e. The third-order valence-electron chi connectivity index (χ3n) is 2.70. The van der Waals surface area contributed by atoms with Crippen LogP contribution in [-0.2, 0) is 0 Å². The van der Waals surface area contributed by atoms with Gasteiger partial charge in [-0.3, -0.25) is 0 Å². The second-order valence-corrected chi connectivity index (χ2v) is 3.81. The number of benzene rings is 1. The number of aryl methyl sites for hydroxylation is 2. The summed E-state index contributed by atoms with van der Waals surface area (Å²) in [6.45, 7) is 5.32. The van der Waals surface area contributed by atoms with Gasteiger partial charge in [0.2, 0.25) is 0 Å². The molecule has 0 saturated carbocycles. The van der Waals surface area contributed by atoms with Crippen LogP contribution in [0.2, 0.25) is 0 Å². The van der Waals surface area contributed by atoms with Gasteiger partial charge in [0.05, 0.1) is 6.61 Å². The van der Waals surface area contributed by atoms with Gasteiger partial charge in [-0.2, -0.15) is 0 Å². The molecule has 1 unspecified atom stereocenters. The fraction of sp³-hybridized carbons (Fsp3) is 0.455. The highest BCUT2D eigenvalue weighted by atomic mass is 16.3. The minimum absolute atomic E-state index is 0.239. The molecule has 2 N–H and O–H groups in total. The van der Waals surface area contributed by atoms with Crippen LogP contribution in [0.5, 0.6) is 0 Å². The first-order valence-electron chi connectivity index (χ1n) is 4.68. The van der Waals surface area contributed by atoms with Crippen molar-refractivity contribution in [2.24, 2.45) is 0 Å². The van der Waals surface area contributed by atoms with Gasteiger partial charge in [0.15, 0.2) is 0 Å². The van der Waals surface area contributed by atoms with Gasteiger partial charge in [-0.15, -0.1) is 0 Å². The molecule has 0 radical (unpaired) electrons. The number of aliphatic hydroxyl groups is 1. The fourth-order valence-electron chi connectivity index (χ4n) is 2.06.